The first kappa shape index (κ1) is 16.8. The summed E-state index contributed by atoms with van der Waals surface area (Å²) in [6.45, 7) is 1.34. The first-order valence-corrected chi connectivity index (χ1v) is 6.67. The Hall–Kier alpha value is -1.58. The molecule has 1 aliphatic rings. The van der Waals surface area contributed by atoms with Crippen molar-refractivity contribution in [3.05, 3.63) is 32.8 Å². The third-order valence-electron chi connectivity index (χ3n) is 3.11. The molecule has 1 heterocycles. The number of benzene rings is 1. The number of nitrogens with zero attached hydrogens (tertiary/aromatic N) is 1. The molecule has 1 unspecified atom stereocenters. The van der Waals surface area contributed by atoms with Crippen molar-refractivity contribution in [1.82, 2.24) is 0 Å². The Morgan fingerprint density at radius 1 is 1.50 bits per heavy atom. The molecular weight excluding hydrogens is 329 g/mol. The molecule has 0 aliphatic carbocycles. The van der Waals surface area contributed by atoms with E-state index in [2.05, 4.69) is 5.48 Å². The van der Waals surface area contributed by atoms with E-state index >= 15 is 0 Å². The van der Waals surface area contributed by atoms with Crippen LogP contribution < -0.4 is 5.48 Å². The van der Waals surface area contributed by atoms with E-state index in [0.717, 1.165) is 12.5 Å². The van der Waals surface area contributed by atoms with E-state index in [1.54, 1.807) is 0 Å². The smallest absolute Gasteiger partial charge is 0.381 e. The summed E-state index contributed by atoms with van der Waals surface area (Å²) < 4.78 is 43.3. The normalized spacial score (nSPS) is 18.5. The topological polar surface area (TPSA) is 73.6 Å². The van der Waals surface area contributed by atoms with Crippen LogP contribution in [0.4, 0.5) is 24.5 Å². The predicted octanol–water partition coefficient (Wildman–Crippen LogP) is 3.65. The number of alkyl halides is 3. The Balaban J connectivity index is 2.15. The molecular formula is C12H12ClF3N2O4. The fourth-order valence-corrected chi connectivity index (χ4v) is 2.23. The van der Waals surface area contributed by atoms with Crippen LogP contribution in [0, 0.1) is 16.0 Å². The molecule has 0 spiro atoms. The van der Waals surface area contributed by atoms with Crippen LogP contribution >= 0.6 is 11.6 Å². The van der Waals surface area contributed by atoms with Gasteiger partial charge >= 0.3 is 6.18 Å². The number of nitro benzene ring substituents is 1. The van der Waals surface area contributed by atoms with E-state index in [1.807, 2.05) is 0 Å². The number of halogens is 4. The van der Waals surface area contributed by atoms with Crippen molar-refractivity contribution >= 4 is 23.0 Å². The highest BCUT2D eigenvalue weighted by molar-refractivity contribution is 6.31. The average molecular weight is 341 g/mol. The zero-order valence-electron chi connectivity index (χ0n) is 11.2. The summed E-state index contributed by atoms with van der Waals surface area (Å²) in [5.41, 5.74) is 0.0252. The molecule has 1 atom stereocenters. The van der Waals surface area contributed by atoms with E-state index in [9.17, 15) is 23.3 Å². The minimum atomic E-state index is -4.78. The standard InChI is InChI=1S/C12H12ClF3N2O4/c13-9-4-10(17-22-6-7-1-2-21-5-7)11(18(19)20)3-8(9)12(14,15)16/h3-4,7,17H,1-2,5-6H2. The molecule has 0 amide bonds. The van der Waals surface area contributed by atoms with E-state index in [0.29, 0.717) is 19.3 Å². The molecule has 22 heavy (non-hydrogen) atoms. The van der Waals surface area contributed by atoms with Gasteiger partial charge in [-0.25, -0.2) is 0 Å². The van der Waals surface area contributed by atoms with Gasteiger partial charge in [-0.2, -0.15) is 13.2 Å². The van der Waals surface area contributed by atoms with Crippen molar-refractivity contribution in [2.45, 2.75) is 12.6 Å². The molecule has 0 aromatic heterocycles. The number of hydrogen-bond donors (Lipinski definition) is 1. The monoisotopic (exact) mass is 340 g/mol. The van der Waals surface area contributed by atoms with E-state index < -0.39 is 27.4 Å². The summed E-state index contributed by atoms with van der Waals surface area (Å²) in [5, 5.41) is 10.3. The van der Waals surface area contributed by atoms with Crippen molar-refractivity contribution in [2.24, 2.45) is 5.92 Å². The van der Waals surface area contributed by atoms with Gasteiger partial charge < -0.3 is 4.74 Å². The van der Waals surface area contributed by atoms with E-state index in [4.69, 9.17) is 21.2 Å². The van der Waals surface area contributed by atoms with Gasteiger partial charge in [0.25, 0.3) is 5.69 Å². The van der Waals surface area contributed by atoms with Crippen LogP contribution in [0.2, 0.25) is 5.02 Å². The Morgan fingerprint density at radius 3 is 2.77 bits per heavy atom. The van der Waals surface area contributed by atoms with E-state index in [-0.39, 0.29) is 18.2 Å². The SMILES string of the molecule is O=[N+]([O-])c1cc(C(F)(F)F)c(Cl)cc1NOCC1CCOC1. The lowest BCUT2D eigenvalue weighted by Gasteiger charge is -2.13. The van der Waals surface area contributed by atoms with Gasteiger partial charge in [-0.15, -0.1) is 0 Å². The Morgan fingerprint density at radius 2 is 2.23 bits per heavy atom. The van der Waals surface area contributed by atoms with Crippen molar-refractivity contribution in [1.29, 1.82) is 0 Å². The maximum Gasteiger partial charge on any atom is 0.418 e. The zero-order chi connectivity index (χ0) is 16.3. The van der Waals surface area contributed by atoms with Crippen LogP contribution in [0.15, 0.2) is 12.1 Å². The highest BCUT2D eigenvalue weighted by Crippen LogP contribution is 2.40. The Kier molecular flexibility index (Phi) is 5.09. The summed E-state index contributed by atoms with van der Waals surface area (Å²) in [6, 6.07) is 1.21. The van der Waals surface area contributed by atoms with Gasteiger partial charge in [0.05, 0.1) is 28.7 Å². The maximum absolute atomic E-state index is 12.7. The van der Waals surface area contributed by atoms with Crippen LogP contribution in [-0.4, -0.2) is 24.7 Å². The second-order valence-electron chi connectivity index (χ2n) is 4.75. The molecule has 0 radical (unpaired) electrons. The van der Waals surface area contributed by atoms with Gasteiger partial charge in [0.15, 0.2) is 0 Å². The lowest BCUT2D eigenvalue weighted by atomic mass is 10.1. The van der Waals surface area contributed by atoms with Crippen LogP contribution in [0.1, 0.15) is 12.0 Å². The van der Waals surface area contributed by atoms with Crippen LogP contribution in [-0.2, 0) is 15.8 Å². The lowest BCUT2D eigenvalue weighted by Crippen LogP contribution is -2.14. The summed E-state index contributed by atoms with van der Waals surface area (Å²) in [6.07, 6.45) is -3.99. The minimum Gasteiger partial charge on any atom is -0.381 e. The molecule has 10 heteroatoms. The number of nitro groups is 1. The number of hydrogen-bond acceptors (Lipinski definition) is 5. The number of anilines is 1. The fourth-order valence-electron chi connectivity index (χ4n) is 1.96. The highest BCUT2D eigenvalue weighted by atomic mass is 35.5. The van der Waals surface area contributed by atoms with Gasteiger partial charge in [0.1, 0.15) is 5.69 Å². The summed E-state index contributed by atoms with van der Waals surface area (Å²) in [7, 11) is 0. The third-order valence-corrected chi connectivity index (χ3v) is 3.43. The van der Waals surface area contributed by atoms with Crippen LogP contribution in [0.5, 0.6) is 0 Å². The quantitative estimate of drug-likeness (QED) is 0.654. The summed E-state index contributed by atoms with van der Waals surface area (Å²) >= 11 is 5.54. The fraction of sp³-hybridized carbons (Fsp3) is 0.500. The molecule has 1 saturated heterocycles. The first-order chi connectivity index (χ1) is 10.3. The number of ether oxygens (including phenoxy) is 1. The highest BCUT2D eigenvalue weighted by Gasteiger charge is 2.36. The van der Waals surface area contributed by atoms with Crippen molar-refractivity contribution in [3.63, 3.8) is 0 Å². The Bertz CT molecular complexity index is 562. The minimum absolute atomic E-state index is 0.136. The maximum atomic E-state index is 12.7. The molecule has 1 N–H and O–H groups in total. The largest absolute Gasteiger partial charge is 0.418 e. The van der Waals surface area contributed by atoms with Crippen LogP contribution in [0.3, 0.4) is 0 Å². The number of nitrogens with one attached hydrogen (secondary N) is 1. The van der Waals surface area contributed by atoms with Crippen molar-refractivity contribution < 1.29 is 27.7 Å². The van der Waals surface area contributed by atoms with Crippen molar-refractivity contribution in [3.8, 4) is 0 Å². The van der Waals surface area contributed by atoms with Crippen molar-refractivity contribution in [2.75, 3.05) is 25.3 Å². The molecule has 6 nitrogen and oxygen atoms in total. The number of rotatable bonds is 5. The molecule has 0 saturated carbocycles. The van der Waals surface area contributed by atoms with E-state index in [1.165, 1.54) is 0 Å². The molecule has 1 aromatic rings. The third kappa shape index (κ3) is 3.99. The van der Waals surface area contributed by atoms with Gasteiger partial charge in [-0.05, 0) is 12.5 Å². The average Bonchev–Trinajstić information content (AvgIpc) is 2.90. The van der Waals surface area contributed by atoms with Gasteiger partial charge in [-0.3, -0.25) is 20.4 Å². The second-order valence-corrected chi connectivity index (χ2v) is 5.15. The van der Waals surface area contributed by atoms with Crippen LogP contribution in [0.25, 0.3) is 0 Å². The Labute approximate surface area is 128 Å². The second kappa shape index (κ2) is 6.67. The lowest BCUT2D eigenvalue weighted by molar-refractivity contribution is -0.384. The zero-order valence-corrected chi connectivity index (χ0v) is 11.9. The van der Waals surface area contributed by atoms with Gasteiger partial charge in [0, 0.05) is 18.6 Å². The molecule has 122 valence electrons. The van der Waals surface area contributed by atoms with Gasteiger partial charge in [-0.1, -0.05) is 11.6 Å². The van der Waals surface area contributed by atoms with Gasteiger partial charge in [0.2, 0.25) is 0 Å². The predicted molar refractivity (Wildman–Crippen MR) is 71.6 cm³/mol. The molecule has 0 bridgehead atoms. The molecule has 1 aliphatic heterocycles. The first-order valence-electron chi connectivity index (χ1n) is 6.29. The molecule has 2 rings (SSSR count). The summed E-state index contributed by atoms with van der Waals surface area (Å²) in [5.74, 6) is 0.136. The molecule has 1 fully saturated rings. The summed E-state index contributed by atoms with van der Waals surface area (Å²) in [4.78, 5) is 15.1. The molecule has 1 aromatic carbocycles.